The molecule has 0 radical (unpaired) electrons. The van der Waals surface area contributed by atoms with Crippen LogP contribution in [0.5, 0.6) is 11.5 Å². The molecule has 1 saturated carbocycles. The third-order valence-electron chi connectivity index (χ3n) is 4.60. The Balaban J connectivity index is 1.29. The van der Waals surface area contributed by atoms with E-state index in [-0.39, 0.29) is 12.7 Å². The lowest BCUT2D eigenvalue weighted by molar-refractivity contribution is 0.0941. The molecule has 7 heteroatoms. The van der Waals surface area contributed by atoms with Gasteiger partial charge in [0.2, 0.25) is 6.79 Å². The molecule has 0 spiro atoms. The molecule has 132 valence electrons. The number of fused-ring (bicyclic) bond motifs is 1. The molecule has 0 atom stereocenters. The zero-order valence-corrected chi connectivity index (χ0v) is 13.9. The Morgan fingerprint density at radius 1 is 1.12 bits per heavy atom. The molecule has 0 saturated heterocycles. The molecule has 2 heterocycles. The molecule has 7 nitrogen and oxygen atoms in total. The zero-order valence-electron chi connectivity index (χ0n) is 13.9. The molecule has 4 rings (SSSR count). The Kier molecular flexibility index (Phi) is 4.56. The molecular weight excluding hydrogens is 322 g/mol. The molecule has 2 aliphatic rings. The van der Waals surface area contributed by atoms with Crippen molar-refractivity contribution in [3.05, 3.63) is 41.3 Å². The number of carbonyl (C=O) groups excluding carboxylic acids is 1. The predicted molar refractivity (Wildman–Crippen MR) is 89.3 cm³/mol. The number of nitrogens with zero attached hydrogens (tertiary/aromatic N) is 1. The first-order valence-corrected chi connectivity index (χ1v) is 8.63. The van der Waals surface area contributed by atoms with Gasteiger partial charge in [-0.15, -0.1) is 0 Å². The highest BCUT2D eigenvalue weighted by molar-refractivity contribution is 5.92. The lowest BCUT2D eigenvalue weighted by Crippen LogP contribution is -2.25. The fraction of sp³-hybridized carbons (Fsp3) is 0.444. The molecule has 1 aliphatic heterocycles. The van der Waals surface area contributed by atoms with Gasteiger partial charge in [0.05, 0.1) is 6.54 Å². The second kappa shape index (κ2) is 7.14. The summed E-state index contributed by atoms with van der Waals surface area (Å²) in [5, 5.41) is 10.1. The average molecular weight is 343 g/mol. The van der Waals surface area contributed by atoms with Crippen LogP contribution in [0, 0.1) is 0 Å². The van der Waals surface area contributed by atoms with Crippen molar-refractivity contribution in [2.45, 2.75) is 44.8 Å². The number of carbonyl (C=O) groups is 1. The van der Waals surface area contributed by atoms with Crippen molar-refractivity contribution >= 4 is 5.91 Å². The first-order chi connectivity index (χ1) is 12.3. The fourth-order valence-electron chi connectivity index (χ4n) is 3.20. The minimum atomic E-state index is -0.256. The summed E-state index contributed by atoms with van der Waals surface area (Å²) in [5.74, 6) is 1.85. The van der Waals surface area contributed by atoms with E-state index < -0.39 is 0 Å². The Labute approximate surface area is 145 Å². The van der Waals surface area contributed by atoms with Crippen molar-refractivity contribution in [2.24, 2.45) is 0 Å². The molecule has 2 N–H and O–H groups in total. The van der Waals surface area contributed by atoms with E-state index in [1.54, 1.807) is 6.07 Å². The van der Waals surface area contributed by atoms with Gasteiger partial charge in [-0.05, 0) is 30.5 Å². The third kappa shape index (κ3) is 3.76. The van der Waals surface area contributed by atoms with Crippen LogP contribution in [-0.4, -0.2) is 23.9 Å². The topological polar surface area (TPSA) is 85.6 Å². The number of hydrogen-bond donors (Lipinski definition) is 2. The van der Waals surface area contributed by atoms with Gasteiger partial charge in [-0.25, -0.2) is 0 Å². The van der Waals surface area contributed by atoms with Gasteiger partial charge in [0.1, 0.15) is 0 Å². The van der Waals surface area contributed by atoms with E-state index in [9.17, 15) is 4.79 Å². The van der Waals surface area contributed by atoms with E-state index in [1.807, 2.05) is 18.2 Å². The second-order valence-electron chi connectivity index (χ2n) is 6.41. The summed E-state index contributed by atoms with van der Waals surface area (Å²) in [7, 11) is 0. The second-order valence-corrected chi connectivity index (χ2v) is 6.41. The van der Waals surface area contributed by atoms with Crippen LogP contribution in [0.15, 0.2) is 28.8 Å². The van der Waals surface area contributed by atoms with Crippen molar-refractivity contribution in [1.29, 1.82) is 0 Å². The number of benzene rings is 1. The van der Waals surface area contributed by atoms with Gasteiger partial charge >= 0.3 is 0 Å². The molecule has 1 aliphatic carbocycles. The number of rotatable bonds is 6. The monoisotopic (exact) mass is 343 g/mol. The van der Waals surface area contributed by atoms with E-state index in [4.69, 9.17) is 14.0 Å². The van der Waals surface area contributed by atoms with Gasteiger partial charge < -0.3 is 24.6 Å². The highest BCUT2D eigenvalue weighted by Gasteiger charge is 2.17. The summed E-state index contributed by atoms with van der Waals surface area (Å²) in [4.78, 5) is 12.2. The number of nitrogens with one attached hydrogen (secondary N) is 2. The molecule has 25 heavy (non-hydrogen) atoms. The lowest BCUT2D eigenvalue weighted by atomic mass is 10.2. The van der Waals surface area contributed by atoms with Crippen LogP contribution in [0.3, 0.4) is 0 Å². The minimum absolute atomic E-state index is 0.238. The van der Waals surface area contributed by atoms with E-state index >= 15 is 0 Å². The van der Waals surface area contributed by atoms with E-state index in [0.717, 1.165) is 11.3 Å². The van der Waals surface area contributed by atoms with Crippen molar-refractivity contribution < 1.29 is 18.8 Å². The van der Waals surface area contributed by atoms with Crippen LogP contribution in [0.2, 0.25) is 0 Å². The van der Waals surface area contributed by atoms with Crippen LogP contribution in [-0.2, 0) is 13.1 Å². The number of hydrogen-bond acceptors (Lipinski definition) is 6. The van der Waals surface area contributed by atoms with Crippen molar-refractivity contribution in [1.82, 2.24) is 15.8 Å². The van der Waals surface area contributed by atoms with Crippen LogP contribution in [0.1, 0.15) is 47.5 Å². The van der Waals surface area contributed by atoms with Crippen LogP contribution < -0.4 is 20.1 Å². The van der Waals surface area contributed by atoms with Gasteiger partial charge in [-0.2, -0.15) is 0 Å². The Hall–Kier alpha value is -2.54. The van der Waals surface area contributed by atoms with Gasteiger partial charge in [0, 0.05) is 18.7 Å². The van der Waals surface area contributed by atoms with Gasteiger partial charge in [-0.1, -0.05) is 24.1 Å². The molecule has 2 aromatic rings. The summed E-state index contributed by atoms with van der Waals surface area (Å²) in [6.45, 7) is 1.23. The predicted octanol–water partition coefficient (Wildman–Crippen LogP) is 2.37. The van der Waals surface area contributed by atoms with Crippen LogP contribution >= 0.6 is 0 Å². The van der Waals surface area contributed by atoms with Crippen molar-refractivity contribution in [3.63, 3.8) is 0 Å². The van der Waals surface area contributed by atoms with Gasteiger partial charge in [0.25, 0.3) is 5.91 Å². The zero-order chi connectivity index (χ0) is 17.1. The first kappa shape index (κ1) is 16.0. The summed E-state index contributed by atoms with van der Waals surface area (Å²) < 4.78 is 15.9. The third-order valence-corrected chi connectivity index (χ3v) is 4.60. The maximum absolute atomic E-state index is 12.2. The Morgan fingerprint density at radius 2 is 1.96 bits per heavy atom. The first-order valence-electron chi connectivity index (χ1n) is 8.63. The quantitative estimate of drug-likeness (QED) is 0.837. The Morgan fingerprint density at radius 3 is 2.84 bits per heavy atom. The van der Waals surface area contributed by atoms with E-state index in [1.165, 1.54) is 25.7 Å². The maximum atomic E-state index is 12.2. The van der Waals surface area contributed by atoms with Crippen LogP contribution in [0.25, 0.3) is 0 Å². The highest BCUT2D eigenvalue weighted by Crippen LogP contribution is 2.32. The number of ether oxygens (including phenoxy) is 2. The van der Waals surface area contributed by atoms with Gasteiger partial charge in [-0.3, -0.25) is 4.79 Å². The summed E-state index contributed by atoms with van der Waals surface area (Å²) in [5.41, 5.74) is 1.23. The average Bonchev–Trinajstić information content (AvgIpc) is 3.38. The summed E-state index contributed by atoms with van der Waals surface area (Å²) in [6, 6.07) is 7.84. The Bertz CT molecular complexity index is 753. The molecule has 0 bridgehead atoms. The van der Waals surface area contributed by atoms with E-state index in [0.29, 0.717) is 36.3 Å². The molecule has 1 aromatic carbocycles. The summed E-state index contributed by atoms with van der Waals surface area (Å²) in [6.07, 6.45) is 4.97. The lowest BCUT2D eigenvalue weighted by Gasteiger charge is -2.08. The molecule has 1 fully saturated rings. The molecule has 1 amide bonds. The minimum Gasteiger partial charge on any atom is -0.454 e. The summed E-state index contributed by atoms with van der Waals surface area (Å²) >= 11 is 0. The highest BCUT2D eigenvalue weighted by atomic mass is 16.7. The van der Waals surface area contributed by atoms with Crippen molar-refractivity contribution in [2.75, 3.05) is 6.79 Å². The number of amides is 1. The number of aromatic nitrogens is 1. The maximum Gasteiger partial charge on any atom is 0.273 e. The largest absolute Gasteiger partial charge is 0.454 e. The molecule has 0 unspecified atom stereocenters. The van der Waals surface area contributed by atoms with Gasteiger partial charge in [0.15, 0.2) is 23.0 Å². The SMILES string of the molecule is O=C(NCc1ccc2c(c1)OCO2)c1cc(CNC2CCCC2)on1. The molecule has 1 aromatic heterocycles. The standard InChI is InChI=1S/C18H21N3O4/c22-18(20-9-12-5-6-16-17(7-12)24-11-23-16)15-8-14(25-21-15)10-19-13-3-1-2-4-13/h5-8,13,19H,1-4,9-11H2,(H,20,22). The molecular formula is C18H21N3O4. The van der Waals surface area contributed by atoms with Crippen LogP contribution in [0.4, 0.5) is 0 Å². The normalized spacial score (nSPS) is 16.3. The van der Waals surface area contributed by atoms with Crippen molar-refractivity contribution in [3.8, 4) is 11.5 Å². The van der Waals surface area contributed by atoms with E-state index in [2.05, 4.69) is 15.8 Å². The smallest absolute Gasteiger partial charge is 0.273 e. The fourth-order valence-corrected chi connectivity index (χ4v) is 3.20.